The fraction of sp³-hybridized carbons (Fsp3) is 0.217. The molecule has 0 aromatic heterocycles. The number of aromatic hydroxyl groups is 1. The first-order valence-electron chi connectivity index (χ1n) is 9.40. The van der Waals surface area contributed by atoms with E-state index in [9.17, 15) is 14.7 Å². The highest BCUT2D eigenvalue weighted by Crippen LogP contribution is 2.22. The Labute approximate surface area is 163 Å². The lowest BCUT2D eigenvalue weighted by atomic mass is 10.1. The fourth-order valence-electron chi connectivity index (χ4n) is 3.61. The molecule has 1 aliphatic heterocycles. The van der Waals surface area contributed by atoms with E-state index < -0.39 is 0 Å². The monoisotopic (exact) mass is 374 g/mol. The number of phenolic OH excluding ortho intramolecular Hbond substituents is 1. The zero-order chi connectivity index (χ0) is 19.7. The lowest BCUT2D eigenvalue weighted by Crippen LogP contribution is -2.50. The van der Waals surface area contributed by atoms with Crippen LogP contribution < -0.4 is 0 Å². The Morgan fingerprint density at radius 3 is 2.11 bits per heavy atom. The maximum Gasteiger partial charge on any atom is 0.257 e. The van der Waals surface area contributed by atoms with Crippen LogP contribution in [-0.4, -0.2) is 52.9 Å². The van der Waals surface area contributed by atoms with Crippen molar-refractivity contribution in [2.75, 3.05) is 26.2 Å². The Balaban J connectivity index is 1.44. The fourth-order valence-corrected chi connectivity index (χ4v) is 3.61. The second kappa shape index (κ2) is 7.35. The molecule has 0 spiro atoms. The number of rotatable bonds is 2. The molecule has 0 unspecified atom stereocenters. The number of hydrogen-bond donors (Lipinski definition) is 1. The van der Waals surface area contributed by atoms with Crippen LogP contribution in [0.1, 0.15) is 26.3 Å². The predicted molar refractivity (Wildman–Crippen MR) is 109 cm³/mol. The quantitative estimate of drug-likeness (QED) is 0.747. The maximum absolute atomic E-state index is 12.9. The smallest absolute Gasteiger partial charge is 0.257 e. The first-order chi connectivity index (χ1) is 13.5. The number of nitrogens with zero attached hydrogens (tertiary/aromatic N) is 2. The van der Waals surface area contributed by atoms with Crippen molar-refractivity contribution in [3.8, 4) is 5.75 Å². The van der Waals surface area contributed by atoms with Crippen molar-refractivity contribution in [2.24, 2.45) is 0 Å². The number of fused-ring (bicyclic) bond motifs is 1. The Morgan fingerprint density at radius 2 is 1.43 bits per heavy atom. The van der Waals surface area contributed by atoms with Crippen molar-refractivity contribution >= 4 is 22.6 Å². The highest BCUT2D eigenvalue weighted by atomic mass is 16.3. The summed E-state index contributed by atoms with van der Waals surface area (Å²) in [7, 11) is 0. The summed E-state index contributed by atoms with van der Waals surface area (Å²) in [5.41, 5.74) is 1.87. The first-order valence-corrected chi connectivity index (χ1v) is 9.40. The van der Waals surface area contributed by atoms with E-state index in [1.807, 2.05) is 55.5 Å². The molecule has 1 heterocycles. The Bertz CT molecular complexity index is 1050. The van der Waals surface area contributed by atoms with Crippen LogP contribution in [-0.2, 0) is 0 Å². The van der Waals surface area contributed by atoms with Crippen LogP contribution >= 0.6 is 0 Å². The molecule has 1 aliphatic rings. The topological polar surface area (TPSA) is 60.9 Å². The Hall–Kier alpha value is -3.34. The summed E-state index contributed by atoms with van der Waals surface area (Å²) < 4.78 is 0. The summed E-state index contributed by atoms with van der Waals surface area (Å²) in [5, 5.41) is 12.2. The molecule has 0 radical (unpaired) electrons. The number of carbonyl (C=O) groups excluding carboxylic acids is 2. The minimum Gasteiger partial charge on any atom is -0.507 e. The SMILES string of the molecule is Cc1ccc(C(=O)N2CCN(C(=O)c3ccc4ccccc4c3)CC2)c(O)c1. The van der Waals surface area contributed by atoms with Gasteiger partial charge in [0.25, 0.3) is 11.8 Å². The van der Waals surface area contributed by atoms with Gasteiger partial charge in [-0.2, -0.15) is 0 Å². The molecule has 0 atom stereocenters. The van der Waals surface area contributed by atoms with Crippen LogP contribution in [0.5, 0.6) is 5.75 Å². The molecule has 1 saturated heterocycles. The highest BCUT2D eigenvalue weighted by molar-refractivity contribution is 5.99. The Morgan fingerprint density at radius 1 is 0.786 bits per heavy atom. The molecule has 3 aromatic rings. The number of aryl methyl sites for hydroxylation is 1. The third-order valence-corrected chi connectivity index (χ3v) is 5.23. The van der Waals surface area contributed by atoms with Gasteiger partial charge in [0.05, 0.1) is 5.56 Å². The highest BCUT2D eigenvalue weighted by Gasteiger charge is 2.26. The van der Waals surface area contributed by atoms with Gasteiger partial charge < -0.3 is 14.9 Å². The maximum atomic E-state index is 12.9. The van der Waals surface area contributed by atoms with Crippen molar-refractivity contribution in [1.82, 2.24) is 9.80 Å². The average molecular weight is 374 g/mol. The first kappa shape index (κ1) is 18.0. The molecule has 4 rings (SSSR count). The van der Waals surface area contributed by atoms with Crippen molar-refractivity contribution < 1.29 is 14.7 Å². The largest absolute Gasteiger partial charge is 0.507 e. The minimum absolute atomic E-state index is 0.000306. The van der Waals surface area contributed by atoms with Crippen LogP contribution in [0.2, 0.25) is 0 Å². The van der Waals surface area contributed by atoms with Crippen molar-refractivity contribution in [3.05, 3.63) is 77.4 Å². The predicted octanol–water partition coefficient (Wildman–Crippen LogP) is 3.45. The molecule has 0 aliphatic carbocycles. The molecule has 0 bridgehead atoms. The standard InChI is InChI=1S/C23H22N2O3/c1-16-6-9-20(21(26)14-16)23(28)25-12-10-24(11-13-25)22(27)19-8-7-17-4-2-3-5-18(17)15-19/h2-9,14-15,26H,10-13H2,1H3. The van der Waals surface area contributed by atoms with E-state index in [-0.39, 0.29) is 17.6 Å². The van der Waals surface area contributed by atoms with Gasteiger partial charge in [-0.1, -0.05) is 36.4 Å². The van der Waals surface area contributed by atoms with Gasteiger partial charge in [-0.05, 0) is 47.5 Å². The van der Waals surface area contributed by atoms with Gasteiger partial charge >= 0.3 is 0 Å². The van der Waals surface area contributed by atoms with E-state index >= 15 is 0 Å². The van der Waals surface area contributed by atoms with Crippen LogP contribution in [0.25, 0.3) is 10.8 Å². The third kappa shape index (κ3) is 3.43. The second-order valence-corrected chi connectivity index (χ2v) is 7.17. The Kier molecular flexibility index (Phi) is 4.74. The summed E-state index contributed by atoms with van der Waals surface area (Å²) in [6.45, 7) is 3.72. The number of carbonyl (C=O) groups is 2. The molecule has 1 fully saturated rings. The summed E-state index contributed by atoms with van der Waals surface area (Å²) in [6.07, 6.45) is 0. The van der Waals surface area contributed by atoms with Crippen molar-refractivity contribution in [1.29, 1.82) is 0 Å². The van der Waals surface area contributed by atoms with Gasteiger partial charge in [-0.25, -0.2) is 0 Å². The van der Waals surface area contributed by atoms with Crippen LogP contribution in [0.4, 0.5) is 0 Å². The van der Waals surface area contributed by atoms with Crippen molar-refractivity contribution in [2.45, 2.75) is 6.92 Å². The van der Waals surface area contributed by atoms with E-state index in [2.05, 4.69) is 0 Å². The van der Waals surface area contributed by atoms with Gasteiger partial charge in [0, 0.05) is 31.7 Å². The molecule has 3 aromatic carbocycles. The summed E-state index contributed by atoms with van der Waals surface area (Å²) in [5.74, 6) is -0.217. The lowest BCUT2D eigenvalue weighted by Gasteiger charge is -2.35. The van der Waals surface area contributed by atoms with Gasteiger partial charge in [0.1, 0.15) is 5.75 Å². The van der Waals surface area contributed by atoms with E-state index in [4.69, 9.17) is 0 Å². The average Bonchev–Trinajstić information content (AvgIpc) is 2.72. The van der Waals surface area contributed by atoms with E-state index in [0.717, 1.165) is 16.3 Å². The normalized spacial score (nSPS) is 14.3. The third-order valence-electron chi connectivity index (χ3n) is 5.23. The number of piperazine rings is 1. The number of benzene rings is 3. The minimum atomic E-state index is -0.199. The van der Waals surface area contributed by atoms with Crippen molar-refractivity contribution in [3.63, 3.8) is 0 Å². The number of phenols is 1. The number of amides is 2. The second-order valence-electron chi connectivity index (χ2n) is 7.17. The zero-order valence-electron chi connectivity index (χ0n) is 15.8. The summed E-state index contributed by atoms with van der Waals surface area (Å²) in [4.78, 5) is 29.0. The van der Waals surface area contributed by atoms with Gasteiger partial charge in [-0.15, -0.1) is 0 Å². The molecule has 28 heavy (non-hydrogen) atoms. The lowest BCUT2D eigenvalue weighted by molar-refractivity contribution is 0.0534. The van der Waals surface area contributed by atoms with E-state index in [1.54, 1.807) is 21.9 Å². The van der Waals surface area contributed by atoms with Crippen LogP contribution in [0, 0.1) is 6.92 Å². The van der Waals surface area contributed by atoms with Gasteiger partial charge in [-0.3, -0.25) is 9.59 Å². The molecule has 5 heteroatoms. The van der Waals surface area contributed by atoms with Gasteiger partial charge in [0.15, 0.2) is 0 Å². The summed E-state index contributed by atoms with van der Waals surface area (Å²) >= 11 is 0. The van der Waals surface area contributed by atoms with E-state index in [1.165, 1.54) is 0 Å². The molecular weight excluding hydrogens is 352 g/mol. The summed E-state index contributed by atoms with van der Waals surface area (Å²) in [6, 6.07) is 18.7. The number of hydrogen-bond acceptors (Lipinski definition) is 3. The van der Waals surface area contributed by atoms with E-state index in [0.29, 0.717) is 37.3 Å². The molecule has 5 nitrogen and oxygen atoms in total. The molecule has 142 valence electrons. The molecule has 2 amide bonds. The molecule has 1 N–H and O–H groups in total. The molecule has 0 saturated carbocycles. The van der Waals surface area contributed by atoms with Crippen LogP contribution in [0.15, 0.2) is 60.7 Å². The molecular formula is C23H22N2O3. The van der Waals surface area contributed by atoms with Crippen LogP contribution in [0.3, 0.4) is 0 Å². The van der Waals surface area contributed by atoms with Gasteiger partial charge in [0.2, 0.25) is 0 Å². The zero-order valence-corrected chi connectivity index (χ0v) is 15.8.